The van der Waals surface area contributed by atoms with Gasteiger partial charge in [0.25, 0.3) is 5.91 Å². The van der Waals surface area contributed by atoms with E-state index in [-0.39, 0.29) is 11.7 Å². The Morgan fingerprint density at radius 1 is 1.23 bits per heavy atom. The summed E-state index contributed by atoms with van der Waals surface area (Å²) < 4.78 is 18.7. The van der Waals surface area contributed by atoms with E-state index in [1.807, 2.05) is 19.1 Å². The van der Waals surface area contributed by atoms with Gasteiger partial charge in [-0.05, 0) is 54.8 Å². The molecule has 4 rings (SSSR count). The molecular weight excluding hydrogens is 387 g/mol. The molecule has 0 aliphatic carbocycles. The van der Waals surface area contributed by atoms with Crippen LogP contribution < -0.4 is 5.48 Å². The lowest BCUT2D eigenvalue weighted by molar-refractivity contribution is 0.0760. The number of benzene rings is 2. The van der Waals surface area contributed by atoms with Crippen LogP contribution in [0.5, 0.6) is 0 Å². The summed E-state index contributed by atoms with van der Waals surface area (Å²) in [5, 5.41) is 3.83. The molecule has 1 atom stereocenters. The Bertz CT molecular complexity index is 1110. The van der Waals surface area contributed by atoms with Crippen molar-refractivity contribution in [2.45, 2.75) is 26.3 Å². The molecule has 0 fully saturated rings. The molecule has 1 aromatic heterocycles. The standard InChI is InChI=1S/C22H21FN4O3/c1-13-10-17(23)8-9-19(13)15-4-6-16(7-5-15)22(28)27-12-18(26-29-3)11-20(27)21-24-14(2)25-30-21/h4-10,12,20,26H,11H2,1-3H3. The number of hydrogen-bond donors (Lipinski definition) is 1. The van der Waals surface area contributed by atoms with E-state index in [0.717, 1.165) is 22.4 Å². The van der Waals surface area contributed by atoms with Crippen LogP contribution in [0.4, 0.5) is 4.39 Å². The third-order valence-electron chi connectivity index (χ3n) is 4.97. The Morgan fingerprint density at radius 2 is 2.00 bits per heavy atom. The zero-order chi connectivity index (χ0) is 21.3. The second-order valence-electron chi connectivity index (χ2n) is 7.11. The Hall–Kier alpha value is -3.52. The summed E-state index contributed by atoms with van der Waals surface area (Å²) in [5.41, 5.74) is 6.67. The topological polar surface area (TPSA) is 80.5 Å². The van der Waals surface area contributed by atoms with E-state index >= 15 is 0 Å². The van der Waals surface area contributed by atoms with Crippen molar-refractivity contribution in [3.63, 3.8) is 0 Å². The van der Waals surface area contributed by atoms with E-state index in [0.29, 0.717) is 23.7 Å². The second-order valence-corrected chi connectivity index (χ2v) is 7.11. The van der Waals surface area contributed by atoms with Crippen molar-refractivity contribution in [2.24, 2.45) is 0 Å². The maximum atomic E-state index is 13.4. The first-order chi connectivity index (χ1) is 14.5. The van der Waals surface area contributed by atoms with Crippen LogP contribution in [0.2, 0.25) is 0 Å². The maximum Gasteiger partial charge on any atom is 0.258 e. The lowest BCUT2D eigenvalue weighted by Crippen LogP contribution is -2.27. The number of aromatic nitrogens is 2. The first kappa shape index (κ1) is 19.8. The Labute approximate surface area is 173 Å². The normalized spacial score (nSPS) is 15.9. The summed E-state index contributed by atoms with van der Waals surface area (Å²) in [7, 11) is 1.51. The number of carbonyl (C=O) groups is 1. The molecule has 154 valence electrons. The number of nitrogens with zero attached hydrogens (tertiary/aromatic N) is 3. The van der Waals surface area contributed by atoms with Crippen molar-refractivity contribution in [3.05, 3.63) is 83.0 Å². The number of halogens is 1. The third kappa shape index (κ3) is 3.81. The molecule has 7 nitrogen and oxygen atoms in total. The highest BCUT2D eigenvalue weighted by molar-refractivity contribution is 5.96. The molecule has 0 bridgehead atoms. The number of amides is 1. The number of nitrogens with one attached hydrogen (secondary N) is 1. The van der Waals surface area contributed by atoms with E-state index in [1.165, 1.54) is 19.2 Å². The molecule has 1 aliphatic heterocycles. The van der Waals surface area contributed by atoms with Crippen LogP contribution in [0.3, 0.4) is 0 Å². The van der Waals surface area contributed by atoms with Crippen LogP contribution >= 0.6 is 0 Å². The van der Waals surface area contributed by atoms with Crippen molar-refractivity contribution in [2.75, 3.05) is 7.11 Å². The molecule has 0 saturated carbocycles. The van der Waals surface area contributed by atoms with Gasteiger partial charge in [-0.25, -0.2) is 4.39 Å². The van der Waals surface area contributed by atoms with Crippen molar-refractivity contribution >= 4 is 5.91 Å². The molecule has 1 aliphatic rings. The molecule has 2 aromatic carbocycles. The van der Waals surface area contributed by atoms with Gasteiger partial charge in [0.15, 0.2) is 5.82 Å². The third-order valence-corrected chi connectivity index (χ3v) is 4.97. The van der Waals surface area contributed by atoms with Gasteiger partial charge in [0.05, 0.1) is 12.8 Å². The highest BCUT2D eigenvalue weighted by atomic mass is 19.1. The van der Waals surface area contributed by atoms with Crippen LogP contribution in [0.25, 0.3) is 11.1 Å². The van der Waals surface area contributed by atoms with Gasteiger partial charge in [0.1, 0.15) is 11.9 Å². The highest BCUT2D eigenvalue weighted by Crippen LogP contribution is 2.34. The van der Waals surface area contributed by atoms with E-state index in [1.54, 1.807) is 36.2 Å². The zero-order valence-electron chi connectivity index (χ0n) is 16.8. The van der Waals surface area contributed by atoms with Crippen LogP contribution in [0.15, 0.2) is 58.9 Å². The molecule has 0 radical (unpaired) electrons. The summed E-state index contributed by atoms with van der Waals surface area (Å²) in [6.45, 7) is 3.58. The molecule has 30 heavy (non-hydrogen) atoms. The van der Waals surface area contributed by atoms with E-state index < -0.39 is 6.04 Å². The highest BCUT2D eigenvalue weighted by Gasteiger charge is 2.35. The predicted molar refractivity (Wildman–Crippen MR) is 107 cm³/mol. The Balaban J connectivity index is 1.61. The van der Waals surface area contributed by atoms with Crippen molar-refractivity contribution in [1.82, 2.24) is 20.5 Å². The number of carbonyl (C=O) groups excluding carboxylic acids is 1. The maximum absolute atomic E-state index is 13.4. The SMILES string of the molecule is CONC1=CN(C(=O)c2ccc(-c3ccc(F)cc3C)cc2)C(c2nc(C)no2)C1. The molecule has 0 spiro atoms. The van der Waals surface area contributed by atoms with Crippen LogP contribution in [0.1, 0.15) is 40.1 Å². The lowest BCUT2D eigenvalue weighted by Gasteiger charge is -2.20. The number of hydroxylamine groups is 1. The van der Waals surface area contributed by atoms with Crippen LogP contribution in [-0.2, 0) is 4.84 Å². The second kappa shape index (κ2) is 8.08. The minimum Gasteiger partial charge on any atom is -0.337 e. The van der Waals surface area contributed by atoms with Crippen molar-refractivity contribution in [3.8, 4) is 11.1 Å². The van der Waals surface area contributed by atoms with E-state index in [4.69, 9.17) is 9.36 Å². The summed E-state index contributed by atoms with van der Waals surface area (Å²) in [6.07, 6.45) is 2.15. The average molecular weight is 408 g/mol. The Morgan fingerprint density at radius 3 is 2.63 bits per heavy atom. The predicted octanol–water partition coefficient (Wildman–Crippen LogP) is 4.07. The first-order valence-electron chi connectivity index (χ1n) is 9.45. The van der Waals surface area contributed by atoms with Gasteiger partial charge >= 0.3 is 0 Å². The van der Waals surface area contributed by atoms with E-state index in [9.17, 15) is 9.18 Å². The molecule has 1 unspecified atom stereocenters. The number of rotatable bonds is 5. The zero-order valence-corrected chi connectivity index (χ0v) is 16.8. The van der Waals surface area contributed by atoms with Gasteiger partial charge in [-0.15, -0.1) is 0 Å². The van der Waals surface area contributed by atoms with Crippen molar-refractivity contribution in [1.29, 1.82) is 0 Å². The molecule has 2 heterocycles. The Kier molecular flexibility index (Phi) is 5.33. The fourth-order valence-electron chi connectivity index (χ4n) is 3.56. The van der Waals surface area contributed by atoms with Gasteiger partial charge in [-0.3, -0.25) is 15.1 Å². The summed E-state index contributed by atoms with van der Waals surface area (Å²) in [6, 6.07) is 11.5. The molecule has 3 aromatic rings. The van der Waals surface area contributed by atoms with E-state index in [2.05, 4.69) is 15.6 Å². The monoisotopic (exact) mass is 408 g/mol. The largest absolute Gasteiger partial charge is 0.337 e. The van der Waals surface area contributed by atoms with Gasteiger partial charge in [0.2, 0.25) is 5.89 Å². The quantitative estimate of drug-likeness (QED) is 0.641. The minimum atomic E-state index is -0.421. The summed E-state index contributed by atoms with van der Waals surface area (Å²) in [4.78, 5) is 24.0. The van der Waals surface area contributed by atoms with Gasteiger partial charge < -0.3 is 9.42 Å². The van der Waals surface area contributed by atoms with Crippen LogP contribution in [0, 0.1) is 19.7 Å². The van der Waals surface area contributed by atoms with Gasteiger partial charge in [-0.1, -0.05) is 23.4 Å². The number of hydrogen-bond acceptors (Lipinski definition) is 6. The molecule has 1 amide bonds. The fraction of sp³-hybridized carbons (Fsp3) is 0.227. The van der Waals surface area contributed by atoms with Crippen molar-refractivity contribution < 1.29 is 18.5 Å². The summed E-state index contributed by atoms with van der Waals surface area (Å²) in [5.74, 6) is 0.394. The smallest absolute Gasteiger partial charge is 0.258 e. The fourth-order valence-corrected chi connectivity index (χ4v) is 3.56. The van der Waals surface area contributed by atoms with Crippen LogP contribution in [-0.4, -0.2) is 28.1 Å². The first-order valence-corrected chi connectivity index (χ1v) is 9.45. The summed E-state index contributed by atoms with van der Waals surface area (Å²) >= 11 is 0. The van der Waals surface area contributed by atoms with Gasteiger partial charge in [0, 0.05) is 18.2 Å². The lowest BCUT2D eigenvalue weighted by atomic mass is 9.99. The molecular formula is C22H21FN4O3. The molecule has 1 N–H and O–H groups in total. The minimum absolute atomic E-state index is 0.203. The molecule has 0 saturated heterocycles. The van der Waals surface area contributed by atoms with Gasteiger partial charge in [-0.2, -0.15) is 4.98 Å². The molecule has 8 heteroatoms. The number of aryl methyl sites for hydroxylation is 2. The average Bonchev–Trinajstić information content (AvgIpc) is 3.34.